The lowest BCUT2D eigenvalue weighted by Crippen LogP contribution is -2.42. The lowest BCUT2D eigenvalue weighted by Gasteiger charge is -2.30. The lowest BCUT2D eigenvalue weighted by molar-refractivity contribution is 0.243. The number of amides is 2. The van der Waals surface area contributed by atoms with Crippen LogP contribution >= 0.6 is 0 Å². The highest BCUT2D eigenvalue weighted by Gasteiger charge is 2.23. The van der Waals surface area contributed by atoms with Crippen molar-refractivity contribution in [3.05, 3.63) is 42.1 Å². The highest BCUT2D eigenvalue weighted by molar-refractivity contribution is 5.90. The second-order valence-corrected chi connectivity index (χ2v) is 8.17. The number of urea groups is 1. The number of hydrogen-bond donors (Lipinski definition) is 3. The van der Waals surface area contributed by atoms with E-state index in [0.29, 0.717) is 17.9 Å². The average Bonchev–Trinajstić information content (AvgIpc) is 2.70. The molecule has 1 aromatic heterocycles. The largest absolute Gasteiger partial charge is 0.363 e. The van der Waals surface area contributed by atoms with E-state index < -0.39 is 0 Å². The Hall–Kier alpha value is -2.83. The highest BCUT2D eigenvalue weighted by Crippen LogP contribution is 2.24. The minimum Gasteiger partial charge on any atom is -0.363 e. The Bertz CT molecular complexity index is 814. The summed E-state index contributed by atoms with van der Waals surface area (Å²) in [6, 6.07) is 10.3. The van der Waals surface area contributed by atoms with Gasteiger partial charge in [0.05, 0.1) is 0 Å². The Morgan fingerprint density at radius 2 is 1.76 bits per heavy atom. The molecule has 0 aliphatic heterocycles. The molecule has 29 heavy (non-hydrogen) atoms. The molecule has 0 saturated heterocycles. The molecular formula is C22H32N6O. The van der Waals surface area contributed by atoms with Crippen molar-refractivity contribution in [1.82, 2.24) is 15.3 Å². The summed E-state index contributed by atoms with van der Waals surface area (Å²) in [5.41, 5.74) is 2.03. The van der Waals surface area contributed by atoms with Crippen LogP contribution in [0.2, 0.25) is 0 Å². The van der Waals surface area contributed by atoms with Gasteiger partial charge in [0.25, 0.3) is 0 Å². The number of para-hydroxylation sites is 1. The molecule has 3 rings (SSSR count). The summed E-state index contributed by atoms with van der Waals surface area (Å²) < 4.78 is 0. The van der Waals surface area contributed by atoms with Gasteiger partial charge in [-0.05, 0) is 49.3 Å². The third-order valence-corrected chi connectivity index (χ3v) is 5.33. The van der Waals surface area contributed by atoms with Gasteiger partial charge < -0.3 is 20.9 Å². The van der Waals surface area contributed by atoms with Crippen molar-refractivity contribution >= 4 is 23.5 Å². The third-order valence-electron chi connectivity index (χ3n) is 5.33. The molecule has 0 spiro atoms. The number of carbonyl (C=O) groups excluding carboxylic acids is 1. The number of hydrogen-bond acceptors (Lipinski definition) is 5. The molecule has 7 heteroatoms. The number of carbonyl (C=O) groups is 1. The minimum atomic E-state index is -0.128. The fourth-order valence-electron chi connectivity index (χ4n) is 3.69. The number of nitrogens with one attached hydrogen (secondary N) is 3. The monoisotopic (exact) mass is 396 g/mol. The van der Waals surface area contributed by atoms with Crippen LogP contribution in [-0.2, 0) is 0 Å². The van der Waals surface area contributed by atoms with Crippen molar-refractivity contribution in [2.75, 3.05) is 29.6 Å². The van der Waals surface area contributed by atoms with E-state index in [-0.39, 0.29) is 12.1 Å². The Kier molecular flexibility index (Phi) is 6.90. The predicted molar refractivity (Wildman–Crippen MR) is 119 cm³/mol. The molecule has 1 aliphatic rings. The SMILES string of the molecule is CC(C)c1ccccc1NC(=O)NC1CCC(Nc2nccc(N(C)C)n2)CC1. The summed E-state index contributed by atoms with van der Waals surface area (Å²) in [7, 11) is 3.93. The molecule has 1 heterocycles. The predicted octanol–water partition coefficient (Wildman–Crippen LogP) is 4.21. The summed E-state index contributed by atoms with van der Waals surface area (Å²) in [6.07, 6.45) is 5.60. The van der Waals surface area contributed by atoms with E-state index in [4.69, 9.17) is 0 Å². The van der Waals surface area contributed by atoms with Crippen LogP contribution < -0.4 is 20.9 Å². The van der Waals surface area contributed by atoms with E-state index in [1.54, 1.807) is 6.20 Å². The molecule has 0 atom stereocenters. The third kappa shape index (κ3) is 5.82. The molecule has 0 unspecified atom stereocenters. The van der Waals surface area contributed by atoms with E-state index in [1.807, 2.05) is 43.3 Å². The summed E-state index contributed by atoms with van der Waals surface area (Å²) >= 11 is 0. The van der Waals surface area contributed by atoms with Crippen molar-refractivity contribution in [2.24, 2.45) is 0 Å². The van der Waals surface area contributed by atoms with Crippen LogP contribution in [0.4, 0.5) is 22.2 Å². The van der Waals surface area contributed by atoms with Crippen molar-refractivity contribution in [3.63, 3.8) is 0 Å². The smallest absolute Gasteiger partial charge is 0.319 e. The Labute approximate surface area is 173 Å². The van der Waals surface area contributed by atoms with Gasteiger partial charge >= 0.3 is 6.03 Å². The van der Waals surface area contributed by atoms with E-state index >= 15 is 0 Å². The zero-order valence-electron chi connectivity index (χ0n) is 17.8. The molecule has 1 saturated carbocycles. The molecule has 1 aliphatic carbocycles. The molecule has 1 aromatic carbocycles. The first-order chi connectivity index (χ1) is 13.9. The van der Waals surface area contributed by atoms with Gasteiger partial charge in [-0.3, -0.25) is 0 Å². The number of anilines is 3. The molecule has 1 fully saturated rings. The van der Waals surface area contributed by atoms with Crippen molar-refractivity contribution < 1.29 is 4.79 Å². The van der Waals surface area contributed by atoms with Crippen LogP contribution in [0, 0.1) is 0 Å². The molecule has 2 amide bonds. The minimum absolute atomic E-state index is 0.128. The van der Waals surface area contributed by atoms with E-state index in [1.165, 1.54) is 0 Å². The molecule has 156 valence electrons. The van der Waals surface area contributed by atoms with Crippen molar-refractivity contribution in [1.29, 1.82) is 0 Å². The maximum absolute atomic E-state index is 12.5. The van der Waals surface area contributed by atoms with Crippen LogP contribution in [0.1, 0.15) is 51.0 Å². The van der Waals surface area contributed by atoms with E-state index in [9.17, 15) is 4.79 Å². The zero-order chi connectivity index (χ0) is 20.8. The quantitative estimate of drug-likeness (QED) is 0.681. The molecule has 3 N–H and O–H groups in total. The summed E-state index contributed by atoms with van der Waals surface area (Å²) in [5, 5.41) is 9.58. The van der Waals surface area contributed by atoms with Crippen LogP contribution in [-0.4, -0.2) is 42.2 Å². The molecular weight excluding hydrogens is 364 g/mol. The maximum Gasteiger partial charge on any atom is 0.319 e. The van der Waals surface area contributed by atoms with Crippen molar-refractivity contribution in [3.8, 4) is 0 Å². The zero-order valence-corrected chi connectivity index (χ0v) is 17.8. The van der Waals surface area contributed by atoms with Crippen LogP contribution in [0.5, 0.6) is 0 Å². The van der Waals surface area contributed by atoms with Gasteiger partial charge in [0.2, 0.25) is 5.95 Å². The maximum atomic E-state index is 12.5. The Balaban J connectivity index is 1.47. The topological polar surface area (TPSA) is 82.2 Å². The first kappa shape index (κ1) is 20.9. The van der Waals surface area contributed by atoms with Crippen LogP contribution in [0.3, 0.4) is 0 Å². The number of aromatic nitrogens is 2. The summed E-state index contributed by atoms with van der Waals surface area (Å²) in [5.74, 6) is 1.91. The average molecular weight is 397 g/mol. The standard InChI is InChI=1S/C22H32N6O/c1-15(2)18-7-5-6-8-19(18)26-22(29)25-17-11-9-16(10-12-17)24-21-23-14-13-20(27-21)28(3)4/h5-8,13-17H,9-12H2,1-4H3,(H,23,24,27)(H2,25,26,29). The summed E-state index contributed by atoms with van der Waals surface area (Å²) in [4.78, 5) is 23.3. The molecule has 0 radical (unpaired) electrons. The number of nitrogens with zero attached hydrogens (tertiary/aromatic N) is 3. The van der Waals surface area contributed by atoms with Crippen LogP contribution in [0.25, 0.3) is 0 Å². The first-order valence-corrected chi connectivity index (χ1v) is 10.4. The number of rotatable bonds is 6. The Morgan fingerprint density at radius 3 is 2.45 bits per heavy atom. The van der Waals surface area contributed by atoms with E-state index in [2.05, 4.69) is 45.8 Å². The Morgan fingerprint density at radius 1 is 1.07 bits per heavy atom. The second kappa shape index (κ2) is 9.58. The van der Waals surface area contributed by atoms with Crippen LogP contribution in [0.15, 0.2) is 36.5 Å². The van der Waals surface area contributed by atoms with Gasteiger partial charge in [-0.25, -0.2) is 9.78 Å². The fourth-order valence-corrected chi connectivity index (χ4v) is 3.69. The van der Waals surface area contributed by atoms with Gasteiger partial charge in [-0.2, -0.15) is 4.98 Å². The molecule has 7 nitrogen and oxygen atoms in total. The second-order valence-electron chi connectivity index (χ2n) is 8.17. The van der Waals surface area contributed by atoms with Gasteiger partial charge in [-0.1, -0.05) is 32.0 Å². The summed E-state index contributed by atoms with van der Waals surface area (Å²) in [6.45, 7) is 4.26. The number of benzene rings is 1. The first-order valence-electron chi connectivity index (χ1n) is 10.4. The van der Waals surface area contributed by atoms with Gasteiger partial charge in [0.1, 0.15) is 5.82 Å². The van der Waals surface area contributed by atoms with Gasteiger partial charge in [0.15, 0.2) is 0 Å². The molecule has 0 bridgehead atoms. The molecule has 2 aromatic rings. The van der Waals surface area contributed by atoms with Gasteiger partial charge in [0, 0.05) is 38.1 Å². The lowest BCUT2D eigenvalue weighted by atomic mass is 9.91. The van der Waals surface area contributed by atoms with Crippen molar-refractivity contribution in [2.45, 2.75) is 57.5 Å². The highest BCUT2D eigenvalue weighted by atomic mass is 16.2. The van der Waals surface area contributed by atoms with E-state index in [0.717, 1.165) is 42.8 Å². The normalized spacial score (nSPS) is 18.9. The fraction of sp³-hybridized carbons (Fsp3) is 0.500. The van der Waals surface area contributed by atoms with Gasteiger partial charge in [-0.15, -0.1) is 0 Å².